The first-order chi connectivity index (χ1) is 13.0. The topological polar surface area (TPSA) is 77.2 Å². The van der Waals surface area contributed by atoms with Crippen molar-refractivity contribution in [3.05, 3.63) is 47.7 Å². The van der Waals surface area contributed by atoms with Crippen molar-refractivity contribution in [2.45, 2.75) is 36.6 Å². The maximum Gasteiger partial charge on any atom is 0.228 e. The number of benzene rings is 1. The van der Waals surface area contributed by atoms with E-state index in [9.17, 15) is 13.6 Å². The number of ether oxygens (including phenoxy) is 1. The van der Waals surface area contributed by atoms with Gasteiger partial charge in [0.2, 0.25) is 11.7 Å². The number of hydrogen-bond donors (Lipinski definition) is 2. The summed E-state index contributed by atoms with van der Waals surface area (Å²) in [7, 11) is 1.31. The summed E-state index contributed by atoms with van der Waals surface area (Å²) in [4.78, 5) is 17.0. The van der Waals surface area contributed by atoms with E-state index in [1.807, 2.05) is 0 Å². The van der Waals surface area contributed by atoms with Gasteiger partial charge in [-0.15, -0.1) is 0 Å². The first-order valence-electron chi connectivity index (χ1n) is 8.70. The van der Waals surface area contributed by atoms with Gasteiger partial charge in [0.1, 0.15) is 5.03 Å². The molecule has 2 unspecified atom stereocenters. The summed E-state index contributed by atoms with van der Waals surface area (Å²) in [5, 5.41) is 9.00. The summed E-state index contributed by atoms with van der Waals surface area (Å²) in [6.07, 6.45) is 4.77. The minimum atomic E-state index is -1.02. The third-order valence-electron chi connectivity index (χ3n) is 4.91. The van der Waals surface area contributed by atoms with Crippen molar-refractivity contribution < 1.29 is 18.3 Å². The first-order valence-corrected chi connectivity index (χ1v) is 9.58. The monoisotopic (exact) mass is 393 g/mol. The zero-order valence-corrected chi connectivity index (χ0v) is 15.7. The lowest BCUT2D eigenvalue weighted by molar-refractivity contribution is -0.121. The highest BCUT2D eigenvalue weighted by atomic mass is 32.2. The lowest BCUT2D eigenvalue weighted by Crippen LogP contribution is -2.31. The number of carbonyl (C=O) groups is 1. The molecule has 0 aliphatic heterocycles. The van der Waals surface area contributed by atoms with Crippen molar-refractivity contribution in [2.75, 3.05) is 12.4 Å². The highest BCUT2D eigenvalue weighted by Crippen LogP contribution is 2.43. The third kappa shape index (κ3) is 4.22. The highest BCUT2D eigenvalue weighted by molar-refractivity contribution is 7.97. The van der Waals surface area contributed by atoms with Gasteiger partial charge in [0.15, 0.2) is 11.6 Å². The number of nitrogens with zero attached hydrogens (tertiary/aromatic N) is 1. The first kappa shape index (κ1) is 19.6. The van der Waals surface area contributed by atoms with Crippen molar-refractivity contribution in [2.24, 2.45) is 11.1 Å². The van der Waals surface area contributed by atoms with Gasteiger partial charge >= 0.3 is 0 Å². The van der Waals surface area contributed by atoms with Crippen LogP contribution in [0, 0.1) is 17.6 Å². The molecule has 27 heavy (non-hydrogen) atoms. The maximum atomic E-state index is 14.2. The summed E-state index contributed by atoms with van der Waals surface area (Å²) < 4.78 is 32.8. The van der Waals surface area contributed by atoms with Gasteiger partial charge in [0.25, 0.3) is 0 Å². The van der Waals surface area contributed by atoms with Crippen LogP contribution in [0.2, 0.25) is 0 Å². The van der Waals surface area contributed by atoms with Gasteiger partial charge in [-0.1, -0.05) is 18.9 Å². The molecule has 2 atom stereocenters. The van der Waals surface area contributed by atoms with Crippen LogP contribution in [0.15, 0.2) is 35.5 Å². The van der Waals surface area contributed by atoms with Crippen molar-refractivity contribution in [3.8, 4) is 5.75 Å². The van der Waals surface area contributed by atoms with Crippen molar-refractivity contribution >= 4 is 23.5 Å². The average molecular weight is 393 g/mol. The van der Waals surface area contributed by atoms with Crippen LogP contribution < -0.4 is 15.2 Å². The number of amides is 1. The van der Waals surface area contributed by atoms with Gasteiger partial charge in [0, 0.05) is 23.4 Å². The summed E-state index contributed by atoms with van der Waals surface area (Å²) in [6.45, 7) is 0. The van der Waals surface area contributed by atoms with E-state index >= 15 is 0 Å². The van der Waals surface area contributed by atoms with E-state index in [0.717, 1.165) is 30.9 Å². The van der Waals surface area contributed by atoms with Gasteiger partial charge in [0.05, 0.1) is 7.11 Å². The zero-order chi connectivity index (χ0) is 19.4. The number of aromatic nitrogens is 1. The highest BCUT2D eigenvalue weighted by Gasteiger charge is 2.35. The number of hydrogen-bond acceptors (Lipinski definition) is 5. The second-order valence-corrected chi connectivity index (χ2v) is 7.13. The molecule has 1 aliphatic carbocycles. The Balaban J connectivity index is 1.87. The van der Waals surface area contributed by atoms with Gasteiger partial charge in [-0.05, 0) is 48.9 Å². The van der Waals surface area contributed by atoms with Crippen LogP contribution in [0.1, 0.15) is 37.2 Å². The number of methoxy groups -OCH3 is 1. The summed E-state index contributed by atoms with van der Waals surface area (Å²) in [5.74, 6) is -2.86. The van der Waals surface area contributed by atoms with Crippen LogP contribution >= 0.6 is 11.9 Å². The van der Waals surface area contributed by atoms with Crippen LogP contribution in [-0.4, -0.2) is 18.0 Å². The molecule has 1 amide bonds. The molecule has 1 fully saturated rings. The number of nitrogens with two attached hydrogens (primary N) is 1. The molecule has 0 bridgehead atoms. The molecule has 2 aromatic rings. The largest absolute Gasteiger partial charge is 0.493 e. The quantitative estimate of drug-likeness (QED) is 0.743. The van der Waals surface area contributed by atoms with Gasteiger partial charge < -0.3 is 10.1 Å². The van der Waals surface area contributed by atoms with Crippen LogP contribution in [-0.2, 0) is 4.79 Å². The second-order valence-electron chi connectivity index (χ2n) is 6.47. The van der Waals surface area contributed by atoms with E-state index in [2.05, 4.69) is 10.3 Å². The molecule has 0 spiro atoms. The lowest BCUT2D eigenvalue weighted by Gasteiger charge is -2.32. The fourth-order valence-electron chi connectivity index (χ4n) is 3.65. The summed E-state index contributed by atoms with van der Waals surface area (Å²) >= 11 is 0.995. The molecule has 1 heterocycles. The number of nitrogens with one attached hydrogen (secondary N) is 1. The van der Waals surface area contributed by atoms with Crippen molar-refractivity contribution in [3.63, 3.8) is 0 Å². The molecule has 1 aromatic heterocycles. The summed E-state index contributed by atoms with van der Waals surface area (Å²) in [6, 6.07) is 5.99. The Kier molecular flexibility index (Phi) is 6.28. The van der Waals surface area contributed by atoms with E-state index < -0.39 is 11.6 Å². The SMILES string of the molecule is COc1c(C2CCCCC2C(=O)Nc2ccnc(SN)c2)ccc(F)c1F. The number of carbonyl (C=O) groups excluding carboxylic acids is 1. The van der Waals surface area contributed by atoms with Crippen molar-refractivity contribution in [1.29, 1.82) is 0 Å². The fourth-order valence-corrected chi connectivity index (χ4v) is 3.97. The fraction of sp³-hybridized carbons (Fsp3) is 0.368. The molecular weight excluding hydrogens is 372 g/mol. The standard InChI is InChI=1S/C19H21F2N3O2S/c1-26-18-13(6-7-15(20)17(18)21)12-4-2-3-5-14(12)19(25)24-11-8-9-23-16(10-11)27-22/h6-10,12,14H,2-5,22H2,1H3,(H,23,24,25). The van der Waals surface area contributed by atoms with E-state index in [0.29, 0.717) is 29.1 Å². The Hall–Kier alpha value is -2.19. The van der Waals surface area contributed by atoms with Crippen LogP contribution in [0.3, 0.4) is 0 Å². The molecule has 0 radical (unpaired) electrons. The zero-order valence-electron chi connectivity index (χ0n) is 14.9. The average Bonchev–Trinajstić information content (AvgIpc) is 2.70. The Morgan fingerprint density at radius 3 is 2.81 bits per heavy atom. The minimum Gasteiger partial charge on any atom is -0.493 e. The Morgan fingerprint density at radius 1 is 1.30 bits per heavy atom. The molecule has 8 heteroatoms. The Bertz CT molecular complexity index is 835. The molecule has 0 saturated heterocycles. The molecular formula is C19H21F2N3O2S. The van der Waals surface area contributed by atoms with E-state index in [1.54, 1.807) is 18.3 Å². The van der Waals surface area contributed by atoms with Crippen LogP contribution in [0.5, 0.6) is 5.75 Å². The normalized spacial score (nSPS) is 19.6. The number of pyridine rings is 1. The number of anilines is 1. The lowest BCUT2D eigenvalue weighted by atomic mass is 9.74. The molecule has 1 saturated carbocycles. The minimum absolute atomic E-state index is 0.120. The number of halogens is 2. The molecule has 144 valence electrons. The van der Waals surface area contributed by atoms with Crippen LogP contribution in [0.25, 0.3) is 0 Å². The van der Waals surface area contributed by atoms with E-state index in [1.165, 1.54) is 13.2 Å². The Morgan fingerprint density at radius 2 is 2.07 bits per heavy atom. The van der Waals surface area contributed by atoms with Gasteiger partial charge in [-0.3, -0.25) is 9.93 Å². The van der Waals surface area contributed by atoms with Gasteiger partial charge in [-0.25, -0.2) is 9.37 Å². The Labute approximate surface area is 160 Å². The third-order valence-corrected chi connectivity index (χ3v) is 5.37. The molecule has 5 nitrogen and oxygen atoms in total. The molecule has 3 N–H and O–H groups in total. The molecule has 1 aromatic carbocycles. The smallest absolute Gasteiger partial charge is 0.228 e. The predicted octanol–water partition coefficient (Wildman–Crippen LogP) is 4.25. The molecule has 1 aliphatic rings. The van der Waals surface area contributed by atoms with E-state index in [-0.39, 0.29) is 23.5 Å². The second kappa shape index (κ2) is 8.67. The summed E-state index contributed by atoms with van der Waals surface area (Å²) in [5.41, 5.74) is 1.13. The number of rotatable bonds is 5. The van der Waals surface area contributed by atoms with Gasteiger partial charge in [-0.2, -0.15) is 4.39 Å². The maximum absolute atomic E-state index is 14.2. The molecule has 3 rings (SSSR count). The predicted molar refractivity (Wildman–Crippen MR) is 101 cm³/mol. The van der Waals surface area contributed by atoms with Crippen molar-refractivity contribution in [1.82, 2.24) is 4.98 Å². The van der Waals surface area contributed by atoms with Crippen LogP contribution in [0.4, 0.5) is 14.5 Å². The van der Waals surface area contributed by atoms with E-state index in [4.69, 9.17) is 9.88 Å².